The number of carbonyl (C=O) groups excluding carboxylic acids is 1. The van der Waals surface area contributed by atoms with Crippen LogP contribution in [0, 0.1) is 6.92 Å². The van der Waals surface area contributed by atoms with Gasteiger partial charge >= 0.3 is 5.97 Å². The molecule has 0 aliphatic carbocycles. The smallest absolute Gasteiger partial charge is 0.335 e. The van der Waals surface area contributed by atoms with Crippen LogP contribution in [-0.4, -0.2) is 33.6 Å². The second kappa shape index (κ2) is 5.32. The quantitative estimate of drug-likeness (QED) is 0.800. The number of nitrogens with zero attached hydrogens (tertiary/aromatic N) is 2. The average Bonchev–Trinajstić information content (AvgIpc) is 2.45. The Labute approximate surface area is 99.0 Å². The van der Waals surface area contributed by atoms with Gasteiger partial charge in [0.15, 0.2) is 6.10 Å². The summed E-state index contributed by atoms with van der Waals surface area (Å²) in [6.07, 6.45) is -1.10. The maximum absolute atomic E-state index is 11.2. The number of rotatable bonds is 4. The van der Waals surface area contributed by atoms with Gasteiger partial charge in [0.25, 0.3) is 0 Å². The maximum atomic E-state index is 11.2. The van der Waals surface area contributed by atoms with Gasteiger partial charge in [0.1, 0.15) is 0 Å². The summed E-state index contributed by atoms with van der Waals surface area (Å²) in [6, 6.07) is 0. The number of aliphatic hydroxyl groups is 1. The van der Waals surface area contributed by atoms with Crippen molar-refractivity contribution >= 4 is 17.6 Å². The molecule has 1 atom stereocenters. The topological polar surface area (TPSA) is 64.3 Å². The molecular weight excluding hydrogens is 232 g/mol. The van der Waals surface area contributed by atoms with Gasteiger partial charge in [-0.25, -0.2) is 4.79 Å². The van der Waals surface area contributed by atoms with Crippen molar-refractivity contribution in [3.63, 3.8) is 0 Å². The van der Waals surface area contributed by atoms with Crippen LogP contribution in [0.3, 0.4) is 0 Å². The van der Waals surface area contributed by atoms with Crippen molar-refractivity contribution in [1.29, 1.82) is 0 Å². The van der Waals surface area contributed by atoms with Crippen molar-refractivity contribution in [2.75, 3.05) is 6.61 Å². The molecule has 90 valence electrons. The minimum Gasteiger partial charge on any atom is -0.464 e. The fourth-order valence-electron chi connectivity index (χ4n) is 1.41. The standard InChI is InChI=1S/C10H15ClN2O3/c1-4-16-10(15)8(14)5-7-9(11)6(2)12-13(7)3/h8,14H,4-5H2,1-3H3. The van der Waals surface area contributed by atoms with Crippen molar-refractivity contribution in [3.8, 4) is 0 Å². The summed E-state index contributed by atoms with van der Waals surface area (Å²) in [6.45, 7) is 3.70. The summed E-state index contributed by atoms with van der Waals surface area (Å²) in [5.41, 5.74) is 1.30. The lowest BCUT2D eigenvalue weighted by molar-refractivity contribution is -0.152. The molecule has 1 aromatic rings. The number of halogens is 1. The zero-order valence-corrected chi connectivity index (χ0v) is 10.3. The second-order valence-electron chi connectivity index (χ2n) is 3.44. The number of carbonyl (C=O) groups is 1. The van der Waals surface area contributed by atoms with Crippen molar-refractivity contribution < 1.29 is 14.6 Å². The Hall–Kier alpha value is -1.07. The van der Waals surface area contributed by atoms with E-state index in [4.69, 9.17) is 16.3 Å². The number of aromatic nitrogens is 2. The number of hydrogen-bond acceptors (Lipinski definition) is 4. The molecule has 6 heteroatoms. The van der Waals surface area contributed by atoms with Crippen molar-refractivity contribution in [3.05, 3.63) is 16.4 Å². The molecule has 1 unspecified atom stereocenters. The summed E-state index contributed by atoms with van der Waals surface area (Å²) in [4.78, 5) is 11.2. The van der Waals surface area contributed by atoms with Crippen LogP contribution in [0.25, 0.3) is 0 Å². The average molecular weight is 247 g/mol. The van der Waals surface area contributed by atoms with E-state index in [1.165, 1.54) is 0 Å². The summed E-state index contributed by atoms with van der Waals surface area (Å²) < 4.78 is 6.26. The molecule has 5 nitrogen and oxygen atoms in total. The van der Waals surface area contributed by atoms with Gasteiger partial charge in [0, 0.05) is 13.5 Å². The zero-order valence-electron chi connectivity index (χ0n) is 9.53. The Balaban J connectivity index is 2.76. The first-order valence-corrected chi connectivity index (χ1v) is 5.37. The number of aliphatic hydroxyl groups excluding tert-OH is 1. The molecule has 1 aromatic heterocycles. The molecule has 1 N–H and O–H groups in total. The van der Waals surface area contributed by atoms with E-state index in [0.29, 0.717) is 16.4 Å². The lowest BCUT2D eigenvalue weighted by atomic mass is 10.2. The minimum atomic E-state index is -1.20. The molecule has 0 radical (unpaired) electrons. The van der Waals surface area contributed by atoms with Gasteiger partial charge in [-0.05, 0) is 13.8 Å². The molecule has 0 saturated carbocycles. The third-order valence-electron chi connectivity index (χ3n) is 2.21. The fourth-order valence-corrected chi connectivity index (χ4v) is 1.64. The largest absolute Gasteiger partial charge is 0.464 e. The zero-order chi connectivity index (χ0) is 12.3. The molecule has 0 aliphatic heterocycles. The van der Waals surface area contributed by atoms with E-state index in [2.05, 4.69) is 5.10 Å². The van der Waals surface area contributed by atoms with E-state index in [9.17, 15) is 9.90 Å². The highest BCUT2D eigenvalue weighted by atomic mass is 35.5. The predicted octanol–water partition coefficient (Wildman–Crippen LogP) is 0.848. The van der Waals surface area contributed by atoms with E-state index in [1.54, 1.807) is 25.6 Å². The van der Waals surface area contributed by atoms with Crippen LogP contribution in [0.5, 0.6) is 0 Å². The van der Waals surface area contributed by atoms with Crippen molar-refractivity contribution in [1.82, 2.24) is 9.78 Å². The van der Waals surface area contributed by atoms with E-state index >= 15 is 0 Å². The summed E-state index contributed by atoms with van der Waals surface area (Å²) in [5.74, 6) is -0.641. The highest BCUT2D eigenvalue weighted by molar-refractivity contribution is 6.31. The van der Waals surface area contributed by atoms with E-state index in [1.807, 2.05) is 0 Å². The van der Waals surface area contributed by atoms with Gasteiger partial charge in [-0.1, -0.05) is 11.6 Å². The number of ether oxygens (including phenoxy) is 1. The van der Waals surface area contributed by atoms with E-state index in [0.717, 1.165) is 0 Å². The van der Waals surface area contributed by atoms with Crippen LogP contribution in [0.2, 0.25) is 5.02 Å². The number of hydrogen-bond donors (Lipinski definition) is 1. The Morgan fingerprint density at radius 1 is 1.69 bits per heavy atom. The third-order valence-corrected chi connectivity index (χ3v) is 2.70. The highest BCUT2D eigenvalue weighted by Crippen LogP contribution is 2.20. The SMILES string of the molecule is CCOC(=O)C(O)Cc1c(Cl)c(C)nn1C. The van der Waals surface area contributed by atoms with Crippen molar-refractivity contribution in [2.45, 2.75) is 26.4 Å². The molecule has 1 rings (SSSR count). The number of esters is 1. The van der Waals surface area contributed by atoms with Gasteiger partial charge in [0.2, 0.25) is 0 Å². The lowest BCUT2D eigenvalue weighted by Gasteiger charge is -2.09. The Morgan fingerprint density at radius 2 is 2.31 bits per heavy atom. The van der Waals surface area contributed by atoms with Gasteiger partial charge in [-0.3, -0.25) is 4.68 Å². The fraction of sp³-hybridized carbons (Fsp3) is 0.600. The monoisotopic (exact) mass is 246 g/mol. The first kappa shape index (κ1) is 13.0. The molecule has 1 heterocycles. The summed E-state index contributed by atoms with van der Waals surface area (Å²) in [7, 11) is 1.71. The van der Waals surface area contributed by atoms with Crippen molar-refractivity contribution in [2.24, 2.45) is 7.05 Å². The van der Waals surface area contributed by atoms with Crippen LogP contribution < -0.4 is 0 Å². The number of aryl methyl sites for hydroxylation is 2. The lowest BCUT2D eigenvalue weighted by Crippen LogP contribution is -2.26. The summed E-state index contributed by atoms with van der Waals surface area (Å²) in [5, 5.41) is 14.2. The molecule has 0 saturated heterocycles. The first-order chi connectivity index (χ1) is 7.47. The molecule has 0 aliphatic rings. The van der Waals surface area contributed by atoms with Crippen LogP contribution in [0.15, 0.2) is 0 Å². The molecule has 16 heavy (non-hydrogen) atoms. The molecule has 0 bridgehead atoms. The van der Waals surface area contributed by atoms with Gasteiger partial charge in [-0.15, -0.1) is 0 Å². The van der Waals surface area contributed by atoms with Crippen LogP contribution in [0.4, 0.5) is 0 Å². The van der Waals surface area contributed by atoms with Gasteiger partial charge in [-0.2, -0.15) is 5.10 Å². The Bertz CT molecular complexity index is 390. The molecule has 0 aromatic carbocycles. The Kier molecular flexibility index (Phi) is 4.32. The second-order valence-corrected chi connectivity index (χ2v) is 3.82. The molecule has 0 spiro atoms. The minimum absolute atomic E-state index is 0.106. The van der Waals surface area contributed by atoms with Crippen LogP contribution in [-0.2, 0) is 23.0 Å². The predicted molar refractivity (Wildman–Crippen MR) is 59.3 cm³/mol. The van der Waals surface area contributed by atoms with Crippen LogP contribution >= 0.6 is 11.6 Å². The van der Waals surface area contributed by atoms with E-state index < -0.39 is 12.1 Å². The van der Waals surface area contributed by atoms with Gasteiger partial charge in [0.05, 0.1) is 23.0 Å². The normalized spacial score (nSPS) is 12.6. The van der Waals surface area contributed by atoms with Crippen LogP contribution in [0.1, 0.15) is 18.3 Å². The molecule has 0 fully saturated rings. The van der Waals surface area contributed by atoms with Gasteiger partial charge < -0.3 is 9.84 Å². The summed E-state index contributed by atoms with van der Waals surface area (Å²) >= 11 is 5.99. The Morgan fingerprint density at radius 3 is 2.75 bits per heavy atom. The first-order valence-electron chi connectivity index (χ1n) is 5.00. The molecule has 0 amide bonds. The van der Waals surface area contributed by atoms with E-state index in [-0.39, 0.29) is 13.0 Å². The maximum Gasteiger partial charge on any atom is 0.335 e. The molecular formula is C10H15ClN2O3. The third kappa shape index (κ3) is 2.74. The highest BCUT2D eigenvalue weighted by Gasteiger charge is 2.21.